The predicted molar refractivity (Wildman–Crippen MR) is 79.1 cm³/mol. The van der Waals surface area contributed by atoms with Crippen molar-refractivity contribution in [3.8, 4) is 0 Å². The van der Waals surface area contributed by atoms with Crippen molar-refractivity contribution in [3.05, 3.63) is 35.4 Å². The molecule has 1 aliphatic carbocycles. The Kier molecular flexibility index (Phi) is 5.31. The van der Waals surface area contributed by atoms with Gasteiger partial charge in [-0.25, -0.2) is 0 Å². The van der Waals surface area contributed by atoms with Crippen LogP contribution in [-0.4, -0.2) is 12.7 Å². The van der Waals surface area contributed by atoms with E-state index in [0.29, 0.717) is 6.42 Å². The van der Waals surface area contributed by atoms with Crippen LogP contribution in [0.3, 0.4) is 0 Å². The summed E-state index contributed by atoms with van der Waals surface area (Å²) in [5, 5.41) is 3.41. The molecule has 3 unspecified atom stereocenters. The summed E-state index contributed by atoms with van der Waals surface area (Å²) in [6.45, 7) is 4.81. The SMILES string of the molecule is CCNC(c1ccccc1C)C1CCCC(C(F)(F)F)C1. The van der Waals surface area contributed by atoms with Crippen molar-refractivity contribution in [2.75, 3.05) is 6.54 Å². The predicted octanol–water partition coefficient (Wildman–Crippen LogP) is 5.01. The fraction of sp³-hybridized carbons (Fsp3) is 0.647. The van der Waals surface area contributed by atoms with Gasteiger partial charge in [0.1, 0.15) is 0 Å². The van der Waals surface area contributed by atoms with Crippen LogP contribution >= 0.6 is 0 Å². The van der Waals surface area contributed by atoms with E-state index in [4.69, 9.17) is 0 Å². The van der Waals surface area contributed by atoms with Crippen LogP contribution in [0.5, 0.6) is 0 Å². The van der Waals surface area contributed by atoms with E-state index in [1.807, 2.05) is 38.1 Å². The molecule has 1 aliphatic rings. The van der Waals surface area contributed by atoms with Gasteiger partial charge in [0.15, 0.2) is 0 Å². The Morgan fingerprint density at radius 2 is 1.95 bits per heavy atom. The Bertz CT molecular complexity index is 456. The van der Waals surface area contributed by atoms with Crippen LogP contribution in [0.1, 0.15) is 49.8 Å². The number of rotatable bonds is 4. The largest absolute Gasteiger partial charge is 0.391 e. The molecule has 1 aromatic rings. The Morgan fingerprint density at radius 1 is 1.24 bits per heavy atom. The van der Waals surface area contributed by atoms with Gasteiger partial charge in [-0.3, -0.25) is 0 Å². The Labute approximate surface area is 124 Å². The van der Waals surface area contributed by atoms with Crippen molar-refractivity contribution >= 4 is 0 Å². The molecule has 1 fully saturated rings. The third kappa shape index (κ3) is 4.00. The summed E-state index contributed by atoms with van der Waals surface area (Å²) < 4.78 is 39.1. The number of halogens is 3. The molecule has 3 atom stereocenters. The van der Waals surface area contributed by atoms with Gasteiger partial charge >= 0.3 is 6.18 Å². The molecule has 118 valence electrons. The molecule has 1 aromatic carbocycles. The lowest BCUT2D eigenvalue weighted by Crippen LogP contribution is -2.36. The number of nitrogens with one attached hydrogen (secondary N) is 1. The highest BCUT2D eigenvalue weighted by Gasteiger charge is 2.43. The highest BCUT2D eigenvalue weighted by Crippen LogP contribution is 2.44. The molecule has 1 N–H and O–H groups in total. The van der Waals surface area contributed by atoms with Crippen molar-refractivity contribution in [2.24, 2.45) is 11.8 Å². The van der Waals surface area contributed by atoms with Gasteiger partial charge in [0, 0.05) is 6.04 Å². The van der Waals surface area contributed by atoms with Crippen LogP contribution in [0.25, 0.3) is 0 Å². The lowest BCUT2D eigenvalue weighted by Gasteiger charge is -2.36. The zero-order valence-electron chi connectivity index (χ0n) is 12.7. The van der Waals surface area contributed by atoms with E-state index < -0.39 is 12.1 Å². The molecule has 0 aromatic heterocycles. The first-order valence-corrected chi connectivity index (χ1v) is 7.79. The summed E-state index contributed by atoms with van der Waals surface area (Å²) in [6.07, 6.45) is -1.98. The minimum atomic E-state index is -4.05. The van der Waals surface area contributed by atoms with Crippen molar-refractivity contribution in [2.45, 2.75) is 51.7 Å². The normalized spacial score (nSPS) is 24.8. The van der Waals surface area contributed by atoms with Gasteiger partial charge in [-0.1, -0.05) is 37.6 Å². The maximum atomic E-state index is 13.0. The van der Waals surface area contributed by atoms with Crippen LogP contribution in [-0.2, 0) is 0 Å². The quantitative estimate of drug-likeness (QED) is 0.823. The molecule has 4 heteroatoms. The summed E-state index contributed by atoms with van der Waals surface area (Å²) in [7, 11) is 0. The van der Waals surface area contributed by atoms with Crippen LogP contribution in [0.4, 0.5) is 13.2 Å². The Balaban J connectivity index is 2.20. The van der Waals surface area contributed by atoms with E-state index in [2.05, 4.69) is 5.32 Å². The second-order valence-electron chi connectivity index (χ2n) is 6.06. The highest BCUT2D eigenvalue weighted by atomic mass is 19.4. The topological polar surface area (TPSA) is 12.0 Å². The minimum absolute atomic E-state index is 0.0290. The monoisotopic (exact) mass is 299 g/mol. The van der Waals surface area contributed by atoms with Gasteiger partial charge in [-0.2, -0.15) is 13.2 Å². The van der Waals surface area contributed by atoms with Crippen molar-refractivity contribution < 1.29 is 13.2 Å². The molecular formula is C17H24F3N. The van der Waals surface area contributed by atoms with Gasteiger partial charge in [0.2, 0.25) is 0 Å². The second-order valence-corrected chi connectivity index (χ2v) is 6.06. The average molecular weight is 299 g/mol. The average Bonchev–Trinajstić information content (AvgIpc) is 2.45. The highest BCUT2D eigenvalue weighted by molar-refractivity contribution is 5.29. The molecular weight excluding hydrogens is 275 g/mol. The lowest BCUT2D eigenvalue weighted by atomic mass is 9.75. The molecule has 0 spiro atoms. The first kappa shape index (κ1) is 16.3. The summed E-state index contributed by atoms with van der Waals surface area (Å²) in [5.41, 5.74) is 2.30. The lowest BCUT2D eigenvalue weighted by molar-refractivity contribution is -0.186. The van der Waals surface area contributed by atoms with Crippen LogP contribution < -0.4 is 5.32 Å². The van der Waals surface area contributed by atoms with Crippen molar-refractivity contribution in [1.82, 2.24) is 5.32 Å². The van der Waals surface area contributed by atoms with Crippen LogP contribution in [0.2, 0.25) is 0 Å². The number of hydrogen-bond donors (Lipinski definition) is 1. The van der Waals surface area contributed by atoms with Gasteiger partial charge in [-0.15, -0.1) is 0 Å². The summed E-state index contributed by atoms with van der Waals surface area (Å²) >= 11 is 0. The fourth-order valence-corrected chi connectivity index (χ4v) is 3.51. The maximum Gasteiger partial charge on any atom is 0.391 e. The molecule has 2 rings (SSSR count). The number of benzene rings is 1. The van der Waals surface area contributed by atoms with Crippen LogP contribution in [0, 0.1) is 18.8 Å². The van der Waals surface area contributed by atoms with E-state index >= 15 is 0 Å². The van der Waals surface area contributed by atoms with Crippen molar-refractivity contribution in [1.29, 1.82) is 0 Å². The van der Waals surface area contributed by atoms with Crippen LogP contribution in [0.15, 0.2) is 24.3 Å². The van der Waals surface area contributed by atoms with Gasteiger partial charge in [-0.05, 0) is 49.8 Å². The van der Waals surface area contributed by atoms with E-state index in [1.165, 1.54) is 0 Å². The summed E-state index contributed by atoms with van der Waals surface area (Å²) in [6, 6.07) is 8.04. The van der Waals surface area contributed by atoms with Gasteiger partial charge < -0.3 is 5.32 Å². The van der Waals surface area contributed by atoms with E-state index in [0.717, 1.165) is 24.1 Å². The molecule has 1 nitrogen and oxygen atoms in total. The number of alkyl halides is 3. The summed E-state index contributed by atoms with van der Waals surface area (Å²) in [4.78, 5) is 0. The van der Waals surface area contributed by atoms with Gasteiger partial charge in [0.05, 0.1) is 5.92 Å². The van der Waals surface area contributed by atoms with E-state index in [9.17, 15) is 13.2 Å². The first-order valence-electron chi connectivity index (χ1n) is 7.79. The van der Waals surface area contributed by atoms with Crippen molar-refractivity contribution in [3.63, 3.8) is 0 Å². The minimum Gasteiger partial charge on any atom is -0.310 e. The Morgan fingerprint density at radius 3 is 2.57 bits per heavy atom. The number of aryl methyl sites for hydroxylation is 1. The zero-order valence-corrected chi connectivity index (χ0v) is 12.7. The zero-order chi connectivity index (χ0) is 15.5. The number of hydrogen-bond acceptors (Lipinski definition) is 1. The smallest absolute Gasteiger partial charge is 0.310 e. The van der Waals surface area contributed by atoms with E-state index in [1.54, 1.807) is 0 Å². The molecule has 0 amide bonds. The molecule has 21 heavy (non-hydrogen) atoms. The fourth-order valence-electron chi connectivity index (χ4n) is 3.51. The molecule has 0 aliphatic heterocycles. The molecule has 0 saturated heterocycles. The maximum absolute atomic E-state index is 13.0. The third-order valence-electron chi connectivity index (χ3n) is 4.60. The summed E-state index contributed by atoms with van der Waals surface area (Å²) in [5.74, 6) is -1.08. The second kappa shape index (κ2) is 6.82. The van der Waals surface area contributed by atoms with Gasteiger partial charge in [0.25, 0.3) is 0 Å². The molecule has 1 saturated carbocycles. The van der Waals surface area contributed by atoms with E-state index in [-0.39, 0.29) is 24.8 Å². The Hall–Kier alpha value is -1.03. The molecule has 0 bridgehead atoms. The molecule has 0 radical (unpaired) electrons. The first-order chi connectivity index (χ1) is 9.93. The molecule has 0 heterocycles. The standard InChI is InChI=1S/C17H24F3N/c1-3-21-16(15-10-5-4-7-12(15)2)13-8-6-9-14(11-13)17(18,19)20/h4-5,7,10,13-14,16,21H,3,6,8-9,11H2,1-2H3. The third-order valence-corrected chi connectivity index (χ3v) is 4.60.